The highest BCUT2D eigenvalue weighted by molar-refractivity contribution is 7.14. The Morgan fingerprint density at radius 1 is 1.36 bits per heavy atom. The molecule has 0 bridgehead atoms. The van der Waals surface area contributed by atoms with Crippen molar-refractivity contribution in [3.8, 4) is 0 Å². The molecule has 0 aliphatic carbocycles. The third kappa shape index (κ3) is 2.54. The smallest absolute Gasteiger partial charge is 0.321 e. The highest BCUT2D eigenvalue weighted by atomic mass is 32.1. The van der Waals surface area contributed by atoms with Crippen LogP contribution in [-0.2, 0) is 6.18 Å². The third-order valence-corrected chi connectivity index (χ3v) is 3.66. The summed E-state index contributed by atoms with van der Waals surface area (Å²) in [6, 6.07) is 4.45. The first kappa shape index (κ1) is 14.5. The second kappa shape index (κ2) is 5.09. The summed E-state index contributed by atoms with van der Waals surface area (Å²) in [5.74, 6) is -0.560. The highest BCUT2D eigenvalue weighted by Gasteiger charge is 2.30. The van der Waals surface area contributed by atoms with Crippen molar-refractivity contribution in [2.24, 2.45) is 0 Å². The number of carbonyl (C=O) groups is 1. The molecule has 1 amide bonds. The highest BCUT2D eigenvalue weighted by Crippen LogP contribution is 2.30. The van der Waals surface area contributed by atoms with Crippen molar-refractivity contribution in [1.29, 1.82) is 0 Å². The molecule has 0 saturated heterocycles. The predicted octanol–water partition coefficient (Wildman–Crippen LogP) is 3.37. The predicted molar refractivity (Wildman–Crippen MR) is 75.0 cm³/mol. The molecule has 1 aromatic carbocycles. The van der Waals surface area contributed by atoms with Gasteiger partial charge in [0, 0.05) is 5.69 Å². The number of fused-ring (bicyclic) bond motifs is 1. The van der Waals surface area contributed by atoms with E-state index in [1.54, 1.807) is 6.92 Å². The number of hydrogen-bond acceptors (Lipinski definition) is 4. The Hall–Kier alpha value is -2.42. The van der Waals surface area contributed by atoms with Crippen molar-refractivity contribution in [1.82, 2.24) is 14.6 Å². The van der Waals surface area contributed by atoms with Gasteiger partial charge in [-0.3, -0.25) is 4.79 Å². The fourth-order valence-electron chi connectivity index (χ4n) is 2.02. The molecular formula is C13H9F3N4OS. The number of imidazole rings is 1. The lowest BCUT2D eigenvalue weighted by Crippen LogP contribution is -2.16. The van der Waals surface area contributed by atoms with Gasteiger partial charge in [-0.1, -0.05) is 17.4 Å². The van der Waals surface area contributed by atoms with Crippen LogP contribution in [0.3, 0.4) is 0 Å². The van der Waals surface area contributed by atoms with E-state index in [1.807, 2.05) is 0 Å². The molecule has 0 spiro atoms. The Bertz CT molecular complexity index is 852. The SMILES string of the molecule is Cc1nc2scnn2c1C(=O)Nc1cccc(C(F)(F)F)c1. The van der Waals surface area contributed by atoms with E-state index in [9.17, 15) is 18.0 Å². The van der Waals surface area contributed by atoms with Crippen LogP contribution in [0.15, 0.2) is 29.8 Å². The number of halogens is 3. The number of nitrogens with one attached hydrogen (secondary N) is 1. The molecule has 0 radical (unpaired) electrons. The Balaban J connectivity index is 1.92. The van der Waals surface area contributed by atoms with Gasteiger partial charge in [0.1, 0.15) is 5.51 Å². The summed E-state index contributed by atoms with van der Waals surface area (Å²) in [6.07, 6.45) is -4.46. The summed E-state index contributed by atoms with van der Waals surface area (Å²) >= 11 is 1.26. The normalized spacial score (nSPS) is 11.8. The zero-order valence-corrected chi connectivity index (χ0v) is 12.0. The van der Waals surface area contributed by atoms with E-state index in [4.69, 9.17) is 0 Å². The molecule has 0 atom stereocenters. The van der Waals surface area contributed by atoms with Gasteiger partial charge in [0.25, 0.3) is 5.91 Å². The molecule has 2 heterocycles. The molecule has 9 heteroatoms. The van der Waals surface area contributed by atoms with E-state index >= 15 is 0 Å². The molecular weight excluding hydrogens is 317 g/mol. The summed E-state index contributed by atoms with van der Waals surface area (Å²) in [5, 5.41) is 6.44. The van der Waals surface area contributed by atoms with Gasteiger partial charge >= 0.3 is 6.18 Å². The Morgan fingerprint density at radius 3 is 2.86 bits per heavy atom. The number of benzene rings is 1. The number of hydrogen-bond donors (Lipinski definition) is 1. The van der Waals surface area contributed by atoms with Gasteiger partial charge < -0.3 is 5.32 Å². The first-order valence-corrected chi connectivity index (χ1v) is 7.01. The minimum absolute atomic E-state index is 0.0596. The maximum Gasteiger partial charge on any atom is 0.416 e. The number of aryl methyl sites for hydroxylation is 1. The Labute approximate surface area is 126 Å². The number of carbonyl (C=O) groups excluding carboxylic acids is 1. The van der Waals surface area contributed by atoms with Crippen LogP contribution in [-0.4, -0.2) is 20.5 Å². The van der Waals surface area contributed by atoms with E-state index in [0.29, 0.717) is 10.7 Å². The van der Waals surface area contributed by atoms with E-state index in [2.05, 4.69) is 15.4 Å². The van der Waals surface area contributed by atoms with Gasteiger partial charge in [0.2, 0.25) is 4.96 Å². The second-order valence-electron chi connectivity index (χ2n) is 4.51. The fourth-order valence-corrected chi connectivity index (χ4v) is 2.68. The lowest BCUT2D eigenvalue weighted by atomic mass is 10.2. The molecule has 0 fully saturated rings. The molecule has 0 aliphatic rings. The van der Waals surface area contributed by atoms with Crippen molar-refractivity contribution in [3.05, 3.63) is 46.7 Å². The summed E-state index contributed by atoms with van der Waals surface area (Å²) in [7, 11) is 0. The quantitative estimate of drug-likeness (QED) is 0.785. The van der Waals surface area contributed by atoms with E-state index in [-0.39, 0.29) is 11.4 Å². The summed E-state index contributed by atoms with van der Waals surface area (Å²) in [5.41, 5.74) is 1.43. The lowest BCUT2D eigenvalue weighted by Gasteiger charge is -2.09. The van der Waals surface area contributed by atoms with Crippen LogP contribution in [0.2, 0.25) is 0 Å². The molecule has 1 N–H and O–H groups in total. The maximum atomic E-state index is 12.7. The number of nitrogens with zero attached hydrogens (tertiary/aromatic N) is 3. The zero-order chi connectivity index (χ0) is 15.9. The van der Waals surface area contributed by atoms with Gasteiger partial charge in [0.15, 0.2) is 5.69 Å². The largest absolute Gasteiger partial charge is 0.416 e. The van der Waals surface area contributed by atoms with Crippen LogP contribution in [0.25, 0.3) is 4.96 Å². The maximum absolute atomic E-state index is 12.7. The van der Waals surface area contributed by atoms with Crippen molar-refractivity contribution >= 4 is 27.9 Å². The van der Waals surface area contributed by atoms with Crippen LogP contribution in [0.1, 0.15) is 21.7 Å². The molecule has 5 nitrogen and oxygen atoms in total. The summed E-state index contributed by atoms with van der Waals surface area (Å²) in [6.45, 7) is 1.64. The van der Waals surface area contributed by atoms with Crippen LogP contribution in [0.5, 0.6) is 0 Å². The molecule has 3 aromatic rings. The number of amides is 1. The van der Waals surface area contributed by atoms with E-state index in [0.717, 1.165) is 12.1 Å². The average molecular weight is 326 g/mol. The monoisotopic (exact) mass is 326 g/mol. The number of anilines is 1. The van der Waals surface area contributed by atoms with Gasteiger partial charge in [0.05, 0.1) is 11.3 Å². The van der Waals surface area contributed by atoms with Crippen LogP contribution < -0.4 is 5.32 Å². The molecule has 0 unspecified atom stereocenters. The standard InChI is InChI=1S/C13H9F3N4OS/c1-7-10(20-12(18-7)22-6-17-20)11(21)19-9-4-2-3-8(5-9)13(14,15)16/h2-6H,1H3,(H,19,21). The molecule has 114 valence electrons. The van der Waals surface area contributed by atoms with Gasteiger partial charge in [-0.2, -0.15) is 22.8 Å². The number of alkyl halides is 3. The lowest BCUT2D eigenvalue weighted by molar-refractivity contribution is -0.137. The minimum Gasteiger partial charge on any atom is -0.321 e. The van der Waals surface area contributed by atoms with E-state index < -0.39 is 17.6 Å². The fraction of sp³-hybridized carbons (Fsp3) is 0.154. The minimum atomic E-state index is -4.46. The van der Waals surface area contributed by atoms with Crippen LogP contribution in [0, 0.1) is 6.92 Å². The van der Waals surface area contributed by atoms with Crippen molar-refractivity contribution in [3.63, 3.8) is 0 Å². The van der Waals surface area contributed by atoms with Crippen molar-refractivity contribution in [2.75, 3.05) is 5.32 Å². The molecule has 2 aromatic heterocycles. The van der Waals surface area contributed by atoms with Gasteiger partial charge in [-0.15, -0.1) is 0 Å². The molecule has 3 rings (SSSR count). The number of rotatable bonds is 2. The van der Waals surface area contributed by atoms with Crippen LogP contribution in [0.4, 0.5) is 18.9 Å². The molecule has 0 aliphatic heterocycles. The first-order valence-electron chi connectivity index (χ1n) is 6.13. The number of aromatic nitrogens is 3. The van der Waals surface area contributed by atoms with Gasteiger partial charge in [-0.05, 0) is 25.1 Å². The average Bonchev–Trinajstić information content (AvgIpc) is 2.97. The van der Waals surface area contributed by atoms with E-state index in [1.165, 1.54) is 33.5 Å². The zero-order valence-electron chi connectivity index (χ0n) is 11.2. The molecule has 0 saturated carbocycles. The second-order valence-corrected chi connectivity index (χ2v) is 5.32. The van der Waals surface area contributed by atoms with Crippen LogP contribution >= 0.6 is 11.3 Å². The summed E-state index contributed by atoms with van der Waals surface area (Å²) in [4.78, 5) is 17.0. The third-order valence-electron chi connectivity index (χ3n) is 2.98. The first-order chi connectivity index (χ1) is 10.4. The van der Waals surface area contributed by atoms with Crippen molar-refractivity contribution < 1.29 is 18.0 Å². The topological polar surface area (TPSA) is 59.3 Å². The van der Waals surface area contributed by atoms with Crippen molar-refractivity contribution in [2.45, 2.75) is 13.1 Å². The Morgan fingerprint density at radius 2 is 2.14 bits per heavy atom. The molecule has 22 heavy (non-hydrogen) atoms. The Kier molecular flexibility index (Phi) is 3.36. The summed E-state index contributed by atoms with van der Waals surface area (Å²) < 4.78 is 39.4. The van der Waals surface area contributed by atoms with Gasteiger partial charge in [-0.25, -0.2) is 4.98 Å².